The Kier molecular flexibility index (Phi) is 4.11. The molecule has 0 aliphatic rings. The number of urea groups is 1. The lowest BCUT2D eigenvalue weighted by Crippen LogP contribution is -2.33. The quantitative estimate of drug-likeness (QED) is 0.575. The number of nitrogens with two attached hydrogens (primary N) is 1. The van der Waals surface area contributed by atoms with Crippen LogP contribution in [0.5, 0.6) is 0 Å². The number of carbonyl (C=O) groups excluding carboxylic acids is 1. The van der Waals surface area contributed by atoms with E-state index in [2.05, 4.69) is 5.32 Å². The van der Waals surface area contributed by atoms with Crippen LogP contribution < -0.4 is 11.1 Å². The number of hydrogen-bond donors (Lipinski definition) is 2. The van der Waals surface area contributed by atoms with E-state index < -0.39 is 0 Å². The van der Waals surface area contributed by atoms with Gasteiger partial charge in [0.1, 0.15) is 0 Å². The molecule has 58 valence electrons. The zero-order valence-corrected chi connectivity index (χ0v) is 6.29. The first kappa shape index (κ1) is 8.81. The molecular formula is C6H13N3O. The van der Waals surface area contributed by atoms with Crippen molar-refractivity contribution >= 4 is 6.03 Å². The van der Waals surface area contributed by atoms with Crippen LogP contribution in [0, 0.1) is 0 Å². The molecule has 0 saturated heterocycles. The van der Waals surface area contributed by atoms with Gasteiger partial charge >= 0.3 is 6.03 Å². The molecule has 0 spiro atoms. The van der Waals surface area contributed by atoms with Crippen molar-refractivity contribution in [2.24, 2.45) is 5.73 Å². The van der Waals surface area contributed by atoms with E-state index in [1.54, 1.807) is 7.05 Å². The minimum Gasteiger partial charge on any atom is -0.403 e. The minimum atomic E-state index is -0.149. The summed E-state index contributed by atoms with van der Waals surface area (Å²) in [7, 11) is 1.58. The fourth-order valence-electron chi connectivity index (χ4n) is 0.564. The monoisotopic (exact) mass is 143 g/mol. The van der Waals surface area contributed by atoms with E-state index in [0.29, 0.717) is 6.54 Å². The standard InChI is InChI=1S/C6H13N3O/c1-3-9(5-4-7)6(10)8-2/h4-5H,3,7H2,1-2H3,(H,8,10)/b5-4-. The highest BCUT2D eigenvalue weighted by molar-refractivity contribution is 5.74. The highest BCUT2D eigenvalue weighted by Gasteiger charge is 2.02. The number of hydrogen-bond acceptors (Lipinski definition) is 2. The summed E-state index contributed by atoms with van der Waals surface area (Å²) in [6.07, 6.45) is 2.86. The summed E-state index contributed by atoms with van der Waals surface area (Å²) in [6.45, 7) is 2.49. The maximum absolute atomic E-state index is 10.8. The Hall–Kier alpha value is -1.19. The van der Waals surface area contributed by atoms with E-state index >= 15 is 0 Å². The number of rotatable bonds is 2. The second kappa shape index (κ2) is 4.67. The molecule has 0 saturated carbocycles. The fourth-order valence-corrected chi connectivity index (χ4v) is 0.564. The number of nitrogens with zero attached hydrogens (tertiary/aromatic N) is 1. The van der Waals surface area contributed by atoms with Crippen molar-refractivity contribution in [3.8, 4) is 0 Å². The van der Waals surface area contributed by atoms with Crippen LogP contribution >= 0.6 is 0 Å². The van der Waals surface area contributed by atoms with Gasteiger partial charge in [0, 0.05) is 26.0 Å². The average Bonchev–Trinajstić information content (AvgIpc) is 1.99. The first-order valence-corrected chi connectivity index (χ1v) is 3.13. The molecule has 0 aromatic carbocycles. The SMILES string of the molecule is CCN(/C=C\N)C(=O)NC. The van der Waals surface area contributed by atoms with Crippen molar-refractivity contribution in [3.05, 3.63) is 12.4 Å². The summed E-state index contributed by atoms with van der Waals surface area (Å²) in [4.78, 5) is 12.3. The van der Waals surface area contributed by atoms with E-state index in [0.717, 1.165) is 0 Å². The van der Waals surface area contributed by atoms with Gasteiger partial charge in [0.05, 0.1) is 0 Å². The van der Waals surface area contributed by atoms with Crippen LogP contribution in [0.3, 0.4) is 0 Å². The Bertz CT molecular complexity index is 133. The molecule has 0 aliphatic heterocycles. The molecule has 0 bridgehead atoms. The Morgan fingerprint density at radius 2 is 2.40 bits per heavy atom. The topological polar surface area (TPSA) is 58.4 Å². The van der Waals surface area contributed by atoms with Gasteiger partial charge in [0.15, 0.2) is 0 Å². The molecule has 10 heavy (non-hydrogen) atoms. The molecule has 0 radical (unpaired) electrons. The molecule has 0 fully saturated rings. The van der Waals surface area contributed by atoms with Crippen molar-refractivity contribution in [2.45, 2.75) is 6.92 Å². The van der Waals surface area contributed by atoms with Crippen molar-refractivity contribution in [1.29, 1.82) is 0 Å². The Morgan fingerprint density at radius 1 is 1.80 bits per heavy atom. The lowest BCUT2D eigenvalue weighted by Gasteiger charge is -2.13. The molecule has 0 rings (SSSR count). The third kappa shape index (κ3) is 2.39. The van der Waals surface area contributed by atoms with Crippen LogP contribution in [-0.4, -0.2) is 24.5 Å². The largest absolute Gasteiger partial charge is 0.403 e. The van der Waals surface area contributed by atoms with Crippen molar-refractivity contribution < 1.29 is 4.79 Å². The molecule has 3 N–H and O–H groups in total. The molecular weight excluding hydrogens is 130 g/mol. The van der Waals surface area contributed by atoms with Crippen LogP contribution in [0.4, 0.5) is 4.79 Å². The Labute approximate surface area is 60.7 Å². The molecule has 0 atom stereocenters. The van der Waals surface area contributed by atoms with Crippen LogP contribution in [0.1, 0.15) is 6.92 Å². The lowest BCUT2D eigenvalue weighted by atomic mass is 10.6. The van der Waals surface area contributed by atoms with E-state index in [9.17, 15) is 4.79 Å². The summed E-state index contributed by atoms with van der Waals surface area (Å²) in [5, 5.41) is 2.48. The molecule has 0 unspecified atom stereocenters. The number of carbonyl (C=O) groups is 1. The van der Waals surface area contributed by atoms with Gasteiger partial charge in [-0.3, -0.25) is 0 Å². The van der Waals surface area contributed by atoms with Crippen LogP contribution in [-0.2, 0) is 0 Å². The molecule has 0 aromatic heterocycles. The Balaban J connectivity index is 3.93. The van der Waals surface area contributed by atoms with Gasteiger partial charge in [-0.15, -0.1) is 0 Å². The van der Waals surface area contributed by atoms with Crippen molar-refractivity contribution in [3.63, 3.8) is 0 Å². The van der Waals surface area contributed by atoms with Gasteiger partial charge in [-0.05, 0) is 6.92 Å². The van der Waals surface area contributed by atoms with Crippen LogP contribution in [0.15, 0.2) is 12.4 Å². The first-order chi connectivity index (χ1) is 4.76. The zero-order valence-electron chi connectivity index (χ0n) is 6.29. The van der Waals surface area contributed by atoms with Gasteiger partial charge in [-0.1, -0.05) is 0 Å². The molecule has 0 aliphatic carbocycles. The highest BCUT2D eigenvalue weighted by atomic mass is 16.2. The summed E-state index contributed by atoms with van der Waals surface area (Å²) in [5.74, 6) is 0. The van der Waals surface area contributed by atoms with E-state index in [-0.39, 0.29) is 6.03 Å². The summed E-state index contributed by atoms with van der Waals surface area (Å²) < 4.78 is 0. The predicted octanol–water partition coefficient (Wildman–Crippen LogP) is 0.0776. The van der Waals surface area contributed by atoms with Crippen molar-refractivity contribution in [1.82, 2.24) is 10.2 Å². The molecule has 0 heterocycles. The maximum atomic E-state index is 10.8. The summed E-state index contributed by atoms with van der Waals surface area (Å²) in [5.41, 5.74) is 5.10. The first-order valence-electron chi connectivity index (χ1n) is 3.13. The second-order valence-corrected chi connectivity index (χ2v) is 1.68. The summed E-state index contributed by atoms with van der Waals surface area (Å²) in [6, 6.07) is -0.149. The third-order valence-corrected chi connectivity index (χ3v) is 1.08. The van der Waals surface area contributed by atoms with Gasteiger partial charge in [-0.25, -0.2) is 4.79 Å². The smallest absolute Gasteiger partial charge is 0.321 e. The number of amides is 2. The summed E-state index contributed by atoms with van der Waals surface area (Å²) >= 11 is 0. The predicted molar refractivity (Wildman–Crippen MR) is 40.2 cm³/mol. The molecule has 4 heteroatoms. The van der Waals surface area contributed by atoms with Gasteiger partial charge in [0.25, 0.3) is 0 Å². The van der Waals surface area contributed by atoms with E-state index in [1.807, 2.05) is 6.92 Å². The van der Waals surface area contributed by atoms with Crippen molar-refractivity contribution in [2.75, 3.05) is 13.6 Å². The van der Waals surface area contributed by atoms with Crippen LogP contribution in [0.25, 0.3) is 0 Å². The van der Waals surface area contributed by atoms with E-state index in [4.69, 9.17) is 5.73 Å². The lowest BCUT2D eigenvalue weighted by molar-refractivity contribution is 0.219. The fraction of sp³-hybridized carbons (Fsp3) is 0.500. The highest BCUT2D eigenvalue weighted by Crippen LogP contribution is 1.87. The molecule has 4 nitrogen and oxygen atoms in total. The van der Waals surface area contributed by atoms with Gasteiger partial charge in [-0.2, -0.15) is 0 Å². The minimum absolute atomic E-state index is 0.149. The average molecular weight is 143 g/mol. The van der Waals surface area contributed by atoms with Gasteiger partial charge in [0.2, 0.25) is 0 Å². The Morgan fingerprint density at radius 3 is 2.70 bits per heavy atom. The normalized spacial score (nSPS) is 9.80. The number of nitrogens with one attached hydrogen (secondary N) is 1. The molecule has 0 aromatic rings. The molecule has 2 amide bonds. The second-order valence-electron chi connectivity index (χ2n) is 1.68. The van der Waals surface area contributed by atoms with Crippen LogP contribution in [0.2, 0.25) is 0 Å². The van der Waals surface area contributed by atoms with Gasteiger partial charge < -0.3 is 16.0 Å². The third-order valence-electron chi connectivity index (χ3n) is 1.08. The zero-order chi connectivity index (χ0) is 7.98. The van der Waals surface area contributed by atoms with E-state index in [1.165, 1.54) is 17.3 Å². The maximum Gasteiger partial charge on any atom is 0.321 e.